The Kier molecular flexibility index (Phi) is 9.41. The van der Waals surface area contributed by atoms with Gasteiger partial charge in [-0.05, 0) is 89.6 Å². The zero-order chi connectivity index (χ0) is 30.7. The highest BCUT2D eigenvalue weighted by Gasteiger charge is 2.48. The molecule has 3 aliphatic rings. The van der Waals surface area contributed by atoms with E-state index in [0.717, 1.165) is 88.2 Å². The predicted octanol–water partition coefficient (Wildman–Crippen LogP) is 6.20. The van der Waals surface area contributed by atoms with E-state index in [2.05, 4.69) is 61.4 Å². The largest absolute Gasteiger partial charge is 0.385 e. The molecule has 2 aromatic heterocycles. The number of ether oxygens (including phenoxy) is 1. The van der Waals surface area contributed by atoms with Crippen LogP contribution in [0.5, 0.6) is 0 Å². The molecule has 1 saturated carbocycles. The van der Waals surface area contributed by atoms with E-state index < -0.39 is 0 Å². The molecule has 3 fully saturated rings. The Hall–Kier alpha value is -2.81. The highest BCUT2D eigenvalue weighted by Crippen LogP contribution is 2.49. The highest BCUT2D eigenvalue weighted by molar-refractivity contribution is 5.81. The lowest BCUT2D eigenvalue weighted by atomic mass is 9.68. The summed E-state index contributed by atoms with van der Waals surface area (Å²) in [6, 6.07) is 13.4. The van der Waals surface area contributed by atoms with Gasteiger partial charge in [0.2, 0.25) is 0 Å². The van der Waals surface area contributed by atoms with Crippen molar-refractivity contribution in [3.05, 3.63) is 64.5 Å². The van der Waals surface area contributed by atoms with Gasteiger partial charge < -0.3 is 15.4 Å². The summed E-state index contributed by atoms with van der Waals surface area (Å²) in [6.07, 6.45) is 11.8. The maximum atomic E-state index is 14.0. The summed E-state index contributed by atoms with van der Waals surface area (Å²) in [5.74, 6) is 0.909. The monoisotopic (exact) mass is 600 g/mol. The number of hydrogen-bond donors (Lipinski definition) is 2. The first-order valence-corrected chi connectivity index (χ1v) is 17.2. The quantitative estimate of drug-likeness (QED) is 0.287. The number of anilines is 1. The Morgan fingerprint density at radius 1 is 1.09 bits per heavy atom. The lowest BCUT2D eigenvalue weighted by Crippen LogP contribution is -2.55. The van der Waals surface area contributed by atoms with Crippen molar-refractivity contribution in [3.8, 4) is 0 Å². The van der Waals surface area contributed by atoms with Crippen molar-refractivity contribution in [1.82, 2.24) is 24.8 Å². The highest BCUT2D eigenvalue weighted by atomic mass is 16.5. The molecule has 4 heterocycles. The van der Waals surface area contributed by atoms with Crippen LogP contribution in [0.15, 0.2) is 47.4 Å². The summed E-state index contributed by atoms with van der Waals surface area (Å²) in [5.41, 5.74) is 3.00. The lowest BCUT2D eigenvalue weighted by molar-refractivity contribution is -0.104. The molecule has 4 atom stereocenters. The lowest BCUT2D eigenvalue weighted by Gasteiger charge is -2.46. The Morgan fingerprint density at radius 2 is 1.89 bits per heavy atom. The van der Waals surface area contributed by atoms with Gasteiger partial charge in [0.25, 0.3) is 5.56 Å². The van der Waals surface area contributed by atoms with Crippen LogP contribution in [0.3, 0.4) is 0 Å². The van der Waals surface area contributed by atoms with E-state index in [0.29, 0.717) is 24.0 Å². The van der Waals surface area contributed by atoms with Crippen LogP contribution in [0.2, 0.25) is 0 Å². The number of nitrogens with zero attached hydrogens (tertiary/aromatic N) is 4. The maximum absolute atomic E-state index is 14.0. The van der Waals surface area contributed by atoms with Gasteiger partial charge >= 0.3 is 0 Å². The molecule has 238 valence electrons. The number of nitrogens with one attached hydrogen (secondary N) is 2. The topological polar surface area (TPSA) is 84.3 Å². The van der Waals surface area contributed by atoms with Crippen molar-refractivity contribution in [1.29, 1.82) is 0 Å². The van der Waals surface area contributed by atoms with E-state index in [1.54, 1.807) is 0 Å². The summed E-state index contributed by atoms with van der Waals surface area (Å²) in [7, 11) is 0. The number of piperazine rings is 1. The van der Waals surface area contributed by atoms with Crippen LogP contribution >= 0.6 is 0 Å². The maximum Gasteiger partial charge on any atom is 0.261 e. The zero-order valence-corrected chi connectivity index (χ0v) is 27.3. The van der Waals surface area contributed by atoms with E-state index in [1.165, 1.54) is 18.5 Å². The molecule has 8 nitrogen and oxygen atoms in total. The van der Waals surface area contributed by atoms with Crippen LogP contribution in [0.25, 0.3) is 10.9 Å². The van der Waals surface area contributed by atoms with E-state index >= 15 is 0 Å². The average molecular weight is 601 g/mol. The molecular formula is C36H52N6O2. The third-order valence-corrected chi connectivity index (χ3v) is 10.5. The minimum atomic E-state index is -0.00760. The zero-order valence-electron chi connectivity index (χ0n) is 27.3. The molecule has 0 amide bonds. The van der Waals surface area contributed by atoms with Gasteiger partial charge in [0.05, 0.1) is 22.5 Å². The van der Waals surface area contributed by atoms with Gasteiger partial charge in [-0.2, -0.15) is 0 Å². The van der Waals surface area contributed by atoms with Gasteiger partial charge in [-0.15, -0.1) is 0 Å². The first-order valence-electron chi connectivity index (χ1n) is 17.2. The number of fused-ring (bicyclic) bond motifs is 1. The Balaban J connectivity index is 1.24. The fourth-order valence-corrected chi connectivity index (χ4v) is 8.52. The molecule has 44 heavy (non-hydrogen) atoms. The van der Waals surface area contributed by atoms with E-state index in [-0.39, 0.29) is 22.6 Å². The molecule has 8 heteroatoms. The number of hydrogen-bond acceptors (Lipinski definition) is 7. The minimum absolute atomic E-state index is 0.00373. The minimum Gasteiger partial charge on any atom is -0.385 e. The average Bonchev–Trinajstić information content (AvgIpc) is 3.47. The van der Waals surface area contributed by atoms with Crippen molar-refractivity contribution in [2.75, 3.05) is 31.6 Å². The Labute approximate surface area is 263 Å². The van der Waals surface area contributed by atoms with Crippen LogP contribution < -0.4 is 16.2 Å². The molecule has 2 unspecified atom stereocenters. The summed E-state index contributed by atoms with van der Waals surface area (Å²) in [4.78, 5) is 26.6. The fraction of sp³-hybridized carbons (Fsp3) is 0.639. The van der Waals surface area contributed by atoms with E-state index in [1.807, 2.05) is 29.0 Å². The van der Waals surface area contributed by atoms with Crippen LogP contribution in [-0.4, -0.2) is 63.4 Å². The first-order chi connectivity index (χ1) is 21.4. The van der Waals surface area contributed by atoms with Crippen molar-refractivity contribution >= 4 is 16.6 Å². The van der Waals surface area contributed by atoms with Gasteiger partial charge in [0, 0.05) is 67.9 Å². The summed E-state index contributed by atoms with van der Waals surface area (Å²) >= 11 is 0. The van der Waals surface area contributed by atoms with Crippen LogP contribution in [0, 0.1) is 0 Å². The second kappa shape index (κ2) is 13.3. The molecule has 1 aliphatic carbocycles. The summed E-state index contributed by atoms with van der Waals surface area (Å²) in [6.45, 7) is 12.9. The van der Waals surface area contributed by atoms with Gasteiger partial charge in [-0.25, -0.2) is 4.98 Å². The van der Waals surface area contributed by atoms with Crippen molar-refractivity contribution < 1.29 is 4.74 Å². The standard InChI is InChI=1S/C36H52N6O2/c1-5-11-31(41-23-26(3)39-27(4)24-41)33-40-30-14-13-28(22-29(30)34(43)42(33)6-2)37-20-17-35(32-12-7-10-19-38-32)18-21-44-36(25-35)15-8-9-16-36/h7,10,12-14,19,22,26-27,31,37,39H,5-6,8-9,11,15-18,20-21,23-25H2,1-4H3/t26-,27+,31?,35?. The van der Waals surface area contributed by atoms with Crippen LogP contribution in [-0.2, 0) is 16.7 Å². The fourth-order valence-electron chi connectivity index (χ4n) is 8.52. The van der Waals surface area contributed by atoms with Crippen molar-refractivity contribution in [2.45, 2.75) is 121 Å². The SMILES string of the molecule is CCCC(c1nc2ccc(NCCC3(c4ccccn4)CCOC4(CCCC4)C3)cc2c(=O)n1CC)N1C[C@@H](C)N[C@@H](C)C1. The molecule has 6 rings (SSSR count). The smallest absolute Gasteiger partial charge is 0.261 e. The van der Waals surface area contributed by atoms with Crippen LogP contribution in [0.4, 0.5) is 5.69 Å². The predicted molar refractivity (Wildman–Crippen MR) is 178 cm³/mol. The van der Waals surface area contributed by atoms with Gasteiger partial charge in [0.1, 0.15) is 5.82 Å². The summed E-state index contributed by atoms with van der Waals surface area (Å²) in [5, 5.41) is 8.02. The van der Waals surface area contributed by atoms with E-state index in [9.17, 15) is 4.79 Å². The Bertz CT molecular complexity index is 1460. The van der Waals surface area contributed by atoms with Crippen molar-refractivity contribution in [3.63, 3.8) is 0 Å². The van der Waals surface area contributed by atoms with E-state index in [4.69, 9.17) is 14.7 Å². The number of rotatable bonds is 10. The van der Waals surface area contributed by atoms with Gasteiger partial charge in [0.15, 0.2) is 0 Å². The first kappa shape index (κ1) is 31.2. The molecule has 3 aromatic rings. The normalized spacial score (nSPS) is 26.3. The van der Waals surface area contributed by atoms with Gasteiger partial charge in [-0.3, -0.25) is 19.2 Å². The molecule has 2 aliphatic heterocycles. The Morgan fingerprint density at radius 3 is 2.59 bits per heavy atom. The molecule has 0 bridgehead atoms. The molecule has 2 saturated heterocycles. The molecular weight excluding hydrogens is 548 g/mol. The molecule has 1 spiro atoms. The molecule has 2 N–H and O–H groups in total. The summed E-state index contributed by atoms with van der Waals surface area (Å²) < 4.78 is 8.36. The third-order valence-electron chi connectivity index (χ3n) is 10.5. The molecule has 1 aromatic carbocycles. The molecule has 0 radical (unpaired) electrons. The van der Waals surface area contributed by atoms with Gasteiger partial charge in [-0.1, -0.05) is 32.3 Å². The second-order valence-corrected chi connectivity index (χ2v) is 13.8. The third kappa shape index (κ3) is 6.31. The van der Waals surface area contributed by atoms with Crippen molar-refractivity contribution in [2.24, 2.45) is 0 Å². The second-order valence-electron chi connectivity index (χ2n) is 13.8. The van der Waals surface area contributed by atoms with Crippen LogP contribution in [0.1, 0.15) is 103 Å². The number of aromatic nitrogens is 3. The number of pyridine rings is 1. The number of benzene rings is 1.